The van der Waals surface area contributed by atoms with Gasteiger partial charge in [-0.2, -0.15) is 0 Å². The zero-order valence-corrected chi connectivity index (χ0v) is 12.5. The summed E-state index contributed by atoms with van der Waals surface area (Å²) in [7, 11) is -3.34. The zero-order chi connectivity index (χ0) is 13.2. The molecule has 100 valence electrons. The smallest absolute Gasteiger partial charge is 0.235 e. The maximum atomic E-state index is 12.0. The van der Waals surface area contributed by atoms with Crippen molar-refractivity contribution in [2.75, 3.05) is 17.0 Å². The molecule has 1 fully saturated rings. The summed E-state index contributed by atoms with van der Waals surface area (Å²) in [5, 5.41) is 3.18. The largest absolute Gasteiger partial charge is 0.313 e. The molecule has 1 aliphatic heterocycles. The molecule has 0 amide bonds. The van der Waals surface area contributed by atoms with Crippen LogP contribution in [0, 0.1) is 6.92 Å². The average Bonchev–Trinajstić information content (AvgIpc) is 2.74. The Kier molecular flexibility index (Phi) is 4.24. The van der Waals surface area contributed by atoms with Gasteiger partial charge in [-0.3, -0.25) is 4.72 Å². The van der Waals surface area contributed by atoms with E-state index in [2.05, 4.69) is 31.0 Å². The molecule has 0 spiro atoms. The van der Waals surface area contributed by atoms with Crippen LogP contribution in [0.2, 0.25) is 0 Å². The van der Waals surface area contributed by atoms with Gasteiger partial charge in [-0.15, -0.1) is 0 Å². The van der Waals surface area contributed by atoms with E-state index in [9.17, 15) is 8.42 Å². The molecule has 7 heteroatoms. The molecule has 1 saturated heterocycles. The average molecular weight is 334 g/mol. The molecule has 0 aliphatic carbocycles. The maximum absolute atomic E-state index is 12.0. The van der Waals surface area contributed by atoms with Crippen LogP contribution in [0.25, 0.3) is 0 Å². The van der Waals surface area contributed by atoms with Crippen molar-refractivity contribution < 1.29 is 8.42 Å². The molecule has 0 bridgehead atoms. The molecule has 1 aromatic heterocycles. The normalized spacial score (nSPS) is 20.0. The third-order valence-electron chi connectivity index (χ3n) is 2.88. The van der Waals surface area contributed by atoms with E-state index in [0.717, 1.165) is 29.4 Å². The van der Waals surface area contributed by atoms with Crippen molar-refractivity contribution in [3.8, 4) is 0 Å². The third-order valence-corrected chi connectivity index (χ3v) is 4.66. The van der Waals surface area contributed by atoms with Gasteiger partial charge in [0.05, 0.1) is 5.75 Å². The van der Waals surface area contributed by atoms with Gasteiger partial charge in [0.15, 0.2) is 0 Å². The number of sulfonamides is 1. The van der Waals surface area contributed by atoms with E-state index >= 15 is 0 Å². The Morgan fingerprint density at radius 3 is 3.00 bits per heavy atom. The summed E-state index contributed by atoms with van der Waals surface area (Å²) < 4.78 is 27.4. The van der Waals surface area contributed by atoms with E-state index in [1.807, 2.05) is 13.0 Å². The lowest BCUT2D eigenvalue weighted by Crippen LogP contribution is -2.33. The number of rotatable bonds is 4. The fourth-order valence-electron chi connectivity index (χ4n) is 2.00. The highest BCUT2D eigenvalue weighted by molar-refractivity contribution is 9.10. The van der Waals surface area contributed by atoms with Crippen molar-refractivity contribution in [2.45, 2.75) is 25.8 Å². The van der Waals surface area contributed by atoms with Crippen LogP contribution < -0.4 is 10.0 Å². The van der Waals surface area contributed by atoms with E-state index in [-0.39, 0.29) is 11.8 Å². The number of anilines is 1. The van der Waals surface area contributed by atoms with Crippen molar-refractivity contribution in [1.29, 1.82) is 0 Å². The van der Waals surface area contributed by atoms with Crippen LogP contribution in [-0.4, -0.2) is 31.7 Å². The van der Waals surface area contributed by atoms with Crippen molar-refractivity contribution in [3.05, 3.63) is 22.3 Å². The highest BCUT2D eigenvalue weighted by Crippen LogP contribution is 2.18. The lowest BCUT2D eigenvalue weighted by Gasteiger charge is -2.13. The first-order chi connectivity index (χ1) is 8.46. The number of pyridine rings is 1. The van der Waals surface area contributed by atoms with Gasteiger partial charge in [0.2, 0.25) is 10.0 Å². The third kappa shape index (κ3) is 3.66. The minimum absolute atomic E-state index is 0.0539. The van der Waals surface area contributed by atoms with Gasteiger partial charge < -0.3 is 5.32 Å². The lowest BCUT2D eigenvalue weighted by atomic mass is 10.3. The molecule has 2 N–H and O–H groups in total. The Morgan fingerprint density at radius 1 is 1.61 bits per heavy atom. The van der Waals surface area contributed by atoms with Crippen molar-refractivity contribution in [1.82, 2.24) is 10.3 Å². The predicted octanol–water partition coefficient (Wildman–Crippen LogP) is 1.65. The summed E-state index contributed by atoms with van der Waals surface area (Å²) in [5.74, 6) is 0.501. The monoisotopic (exact) mass is 333 g/mol. The molecule has 0 radical (unpaired) electrons. The van der Waals surface area contributed by atoms with E-state index in [4.69, 9.17) is 0 Å². The second-order valence-electron chi connectivity index (χ2n) is 4.50. The molecule has 18 heavy (non-hydrogen) atoms. The van der Waals surface area contributed by atoms with E-state index in [1.54, 1.807) is 6.20 Å². The predicted molar refractivity (Wildman–Crippen MR) is 75.1 cm³/mol. The molecule has 1 atom stereocenters. The summed E-state index contributed by atoms with van der Waals surface area (Å²) in [6.07, 6.45) is 3.53. The first-order valence-corrected chi connectivity index (χ1v) is 8.27. The van der Waals surface area contributed by atoms with Crippen LogP contribution in [0.3, 0.4) is 0 Å². The van der Waals surface area contributed by atoms with Crippen LogP contribution in [0.1, 0.15) is 18.4 Å². The van der Waals surface area contributed by atoms with Gasteiger partial charge in [-0.05, 0) is 53.9 Å². The zero-order valence-electron chi connectivity index (χ0n) is 10.1. The van der Waals surface area contributed by atoms with Crippen LogP contribution in [0.5, 0.6) is 0 Å². The van der Waals surface area contributed by atoms with Gasteiger partial charge in [0.1, 0.15) is 5.82 Å². The van der Waals surface area contributed by atoms with Crippen molar-refractivity contribution in [2.24, 2.45) is 0 Å². The minimum atomic E-state index is -3.34. The first-order valence-electron chi connectivity index (χ1n) is 5.82. The lowest BCUT2D eigenvalue weighted by molar-refractivity contribution is 0.581. The number of hydrogen-bond acceptors (Lipinski definition) is 4. The molecule has 2 heterocycles. The number of nitrogens with one attached hydrogen (secondary N) is 2. The van der Waals surface area contributed by atoms with Gasteiger partial charge in [-0.1, -0.05) is 0 Å². The summed E-state index contributed by atoms with van der Waals surface area (Å²) >= 11 is 3.30. The Morgan fingerprint density at radius 2 is 2.39 bits per heavy atom. The minimum Gasteiger partial charge on any atom is -0.313 e. The molecular formula is C11H16BrN3O2S. The second kappa shape index (κ2) is 5.54. The number of aromatic nitrogens is 1. The summed E-state index contributed by atoms with van der Waals surface area (Å²) in [6, 6.07) is 1.89. The first kappa shape index (κ1) is 13.8. The fourth-order valence-corrected chi connectivity index (χ4v) is 3.85. The van der Waals surface area contributed by atoms with Gasteiger partial charge in [-0.25, -0.2) is 13.4 Å². The van der Waals surface area contributed by atoms with Crippen LogP contribution in [0.15, 0.2) is 16.7 Å². The van der Waals surface area contributed by atoms with Crippen molar-refractivity contribution in [3.63, 3.8) is 0 Å². The molecule has 0 saturated carbocycles. The Hall–Kier alpha value is -0.660. The van der Waals surface area contributed by atoms with E-state index in [0.29, 0.717) is 5.82 Å². The van der Waals surface area contributed by atoms with Crippen LogP contribution >= 0.6 is 15.9 Å². The molecule has 1 unspecified atom stereocenters. The summed E-state index contributed by atoms with van der Waals surface area (Å²) in [6.45, 7) is 2.72. The van der Waals surface area contributed by atoms with Crippen molar-refractivity contribution >= 4 is 31.8 Å². The number of nitrogens with zero attached hydrogens (tertiary/aromatic N) is 1. The van der Waals surface area contributed by atoms with Crippen LogP contribution in [0.4, 0.5) is 5.82 Å². The topological polar surface area (TPSA) is 71.1 Å². The molecule has 5 nitrogen and oxygen atoms in total. The molecule has 0 aromatic carbocycles. The summed E-state index contributed by atoms with van der Waals surface area (Å²) in [5.41, 5.74) is 0.798. The second-order valence-corrected chi connectivity index (χ2v) is 7.18. The number of hydrogen-bond donors (Lipinski definition) is 2. The number of aryl methyl sites for hydroxylation is 1. The SMILES string of the molecule is Cc1cc(Br)cnc1NS(=O)(=O)CC1CCCN1. The Bertz CT molecular complexity index is 527. The maximum Gasteiger partial charge on any atom is 0.235 e. The highest BCUT2D eigenvalue weighted by Gasteiger charge is 2.22. The Labute approximate surface area is 116 Å². The van der Waals surface area contributed by atoms with Crippen LogP contribution in [-0.2, 0) is 10.0 Å². The summed E-state index contributed by atoms with van der Waals surface area (Å²) in [4.78, 5) is 4.08. The molecule has 1 aliphatic rings. The standard InChI is InChI=1S/C11H16BrN3O2S/c1-8-5-9(12)6-14-11(8)15-18(16,17)7-10-3-2-4-13-10/h5-6,10,13H,2-4,7H2,1H3,(H,14,15). The molecule has 1 aromatic rings. The highest BCUT2D eigenvalue weighted by atomic mass is 79.9. The molecular weight excluding hydrogens is 318 g/mol. The van der Waals surface area contributed by atoms with Gasteiger partial charge in [0, 0.05) is 16.7 Å². The van der Waals surface area contributed by atoms with E-state index in [1.165, 1.54) is 0 Å². The quantitative estimate of drug-likeness (QED) is 0.878. The fraction of sp³-hybridized carbons (Fsp3) is 0.545. The Balaban J connectivity index is 2.07. The van der Waals surface area contributed by atoms with Gasteiger partial charge >= 0.3 is 0 Å². The van der Waals surface area contributed by atoms with Gasteiger partial charge in [0.25, 0.3) is 0 Å². The van der Waals surface area contributed by atoms with E-state index < -0.39 is 10.0 Å². The number of halogens is 1. The molecule has 2 rings (SSSR count).